The number of nitrogens with one attached hydrogen (secondary N) is 1. The highest BCUT2D eigenvalue weighted by atomic mass is 16.5. The molecule has 2 aromatic rings. The minimum atomic E-state index is 0.418. The van der Waals surface area contributed by atoms with E-state index in [4.69, 9.17) is 4.74 Å². The molecule has 1 heterocycles. The lowest BCUT2D eigenvalue weighted by molar-refractivity contribution is 0.178. The molecular weight excluding hydrogens is 250 g/mol. The van der Waals surface area contributed by atoms with E-state index in [1.807, 2.05) is 18.2 Å². The Morgan fingerprint density at radius 1 is 1.15 bits per heavy atom. The van der Waals surface area contributed by atoms with Crippen molar-refractivity contribution in [1.29, 1.82) is 0 Å². The van der Waals surface area contributed by atoms with Gasteiger partial charge < -0.3 is 10.1 Å². The summed E-state index contributed by atoms with van der Waals surface area (Å²) in [5.74, 6) is 1.60. The summed E-state index contributed by atoms with van der Waals surface area (Å²) < 4.78 is 5.17. The second kappa shape index (κ2) is 7.01. The Morgan fingerprint density at radius 2 is 1.90 bits per heavy atom. The molecule has 0 saturated carbocycles. The molecule has 1 aromatic carbocycles. The molecule has 0 spiro atoms. The van der Waals surface area contributed by atoms with Gasteiger partial charge in [-0.25, -0.2) is 9.97 Å². The van der Waals surface area contributed by atoms with Crippen LogP contribution in [0.4, 0.5) is 5.82 Å². The van der Waals surface area contributed by atoms with E-state index in [0.29, 0.717) is 12.4 Å². The Bertz CT molecular complexity index is 555. The molecule has 0 aliphatic carbocycles. The van der Waals surface area contributed by atoms with Crippen LogP contribution in [0.2, 0.25) is 0 Å². The summed E-state index contributed by atoms with van der Waals surface area (Å²) in [6, 6.07) is 10.2. The van der Waals surface area contributed by atoms with Gasteiger partial charge in [-0.15, -0.1) is 0 Å². The number of methoxy groups -OCH3 is 1. The Hall–Kier alpha value is -1.94. The van der Waals surface area contributed by atoms with Crippen LogP contribution < -0.4 is 5.32 Å². The first kappa shape index (κ1) is 14.5. The first-order chi connectivity index (χ1) is 9.76. The number of nitrogens with zero attached hydrogens (tertiary/aromatic N) is 2. The fraction of sp³-hybridized carbons (Fsp3) is 0.375. The fourth-order valence-electron chi connectivity index (χ4n) is 2.05. The van der Waals surface area contributed by atoms with E-state index in [-0.39, 0.29) is 0 Å². The lowest BCUT2D eigenvalue weighted by Gasteiger charge is -2.13. The van der Waals surface area contributed by atoms with E-state index < -0.39 is 0 Å². The smallest absolute Gasteiger partial charge is 0.157 e. The van der Waals surface area contributed by atoms with Crippen LogP contribution >= 0.6 is 0 Å². The van der Waals surface area contributed by atoms with Crippen molar-refractivity contribution < 1.29 is 4.74 Å². The largest absolute Gasteiger partial charge is 0.377 e. The Balaban J connectivity index is 2.46. The van der Waals surface area contributed by atoms with Crippen molar-refractivity contribution >= 4 is 5.82 Å². The predicted octanol–water partition coefficient (Wildman–Crippen LogP) is 3.42. The maximum atomic E-state index is 5.17. The van der Waals surface area contributed by atoms with E-state index in [9.17, 15) is 0 Å². The summed E-state index contributed by atoms with van der Waals surface area (Å²) in [6.07, 6.45) is 1.06. The summed E-state index contributed by atoms with van der Waals surface area (Å²) in [5.41, 5.74) is 3.14. The standard InChI is InChI=1S/C16H21N3O/c1-4-10-17-16-12(2)15(13-8-6-5-7-9-13)18-14(19-16)11-20-3/h5-9H,4,10-11H2,1-3H3,(H,17,18,19). The summed E-state index contributed by atoms with van der Waals surface area (Å²) in [7, 11) is 1.66. The third-order valence-electron chi connectivity index (χ3n) is 3.06. The third-order valence-corrected chi connectivity index (χ3v) is 3.06. The molecule has 1 N–H and O–H groups in total. The number of aromatic nitrogens is 2. The van der Waals surface area contributed by atoms with Crippen molar-refractivity contribution in [2.45, 2.75) is 26.9 Å². The molecule has 0 aliphatic rings. The average molecular weight is 271 g/mol. The zero-order valence-electron chi connectivity index (χ0n) is 12.3. The zero-order chi connectivity index (χ0) is 14.4. The Morgan fingerprint density at radius 3 is 2.55 bits per heavy atom. The normalized spacial score (nSPS) is 10.6. The van der Waals surface area contributed by atoms with Crippen molar-refractivity contribution in [1.82, 2.24) is 9.97 Å². The first-order valence-electron chi connectivity index (χ1n) is 6.92. The van der Waals surface area contributed by atoms with Gasteiger partial charge in [0.2, 0.25) is 0 Å². The van der Waals surface area contributed by atoms with E-state index in [2.05, 4.69) is 41.3 Å². The van der Waals surface area contributed by atoms with Crippen molar-refractivity contribution in [3.8, 4) is 11.3 Å². The van der Waals surface area contributed by atoms with E-state index >= 15 is 0 Å². The van der Waals surface area contributed by atoms with E-state index in [0.717, 1.165) is 35.6 Å². The molecular formula is C16H21N3O. The van der Waals surface area contributed by atoms with Gasteiger partial charge in [0.15, 0.2) is 5.82 Å². The zero-order valence-corrected chi connectivity index (χ0v) is 12.3. The number of hydrogen-bond acceptors (Lipinski definition) is 4. The molecule has 0 bridgehead atoms. The molecule has 0 radical (unpaired) electrons. The molecule has 1 aromatic heterocycles. The van der Waals surface area contributed by atoms with Crippen molar-refractivity contribution in [2.75, 3.05) is 19.0 Å². The summed E-state index contributed by atoms with van der Waals surface area (Å²) >= 11 is 0. The van der Waals surface area contributed by atoms with Crippen LogP contribution in [0, 0.1) is 6.92 Å². The van der Waals surface area contributed by atoms with Crippen molar-refractivity contribution in [2.24, 2.45) is 0 Å². The first-order valence-corrected chi connectivity index (χ1v) is 6.92. The molecule has 0 atom stereocenters. The number of benzene rings is 1. The number of anilines is 1. The molecule has 0 aliphatic heterocycles. The van der Waals surface area contributed by atoms with Crippen molar-refractivity contribution in [3.63, 3.8) is 0 Å². The lowest BCUT2D eigenvalue weighted by atomic mass is 10.1. The van der Waals surface area contributed by atoms with Crippen LogP contribution in [0.5, 0.6) is 0 Å². The van der Waals surface area contributed by atoms with Crippen molar-refractivity contribution in [3.05, 3.63) is 41.7 Å². The van der Waals surface area contributed by atoms with Crippen LogP contribution in [0.3, 0.4) is 0 Å². The number of hydrogen-bond donors (Lipinski definition) is 1. The van der Waals surface area contributed by atoms with Crippen LogP contribution in [0.15, 0.2) is 30.3 Å². The highest BCUT2D eigenvalue weighted by Gasteiger charge is 2.12. The van der Waals surface area contributed by atoms with Crippen LogP contribution in [0.1, 0.15) is 24.7 Å². The molecule has 0 fully saturated rings. The van der Waals surface area contributed by atoms with Gasteiger partial charge in [0.25, 0.3) is 0 Å². The second-order valence-corrected chi connectivity index (χ2v) is 4.69. The van der Waals surface area contributed by atoms with Gasteiger partial charge in [-0.1, -0.05) is 37.3 Å². The Labute approximate surface area is 120 Å². The minimum Gasteiger partial charge on any atom is -0.377 e. The molecule has 2 rings (SSSR count). The second-order valence-electron chi connectivity index (χ2n) is 4.69. The summed E-state index contributed by atoms with van der Waals surface area (Å²) in [5, 5.41) is 3.36. The molecule has 4 heteroatoms. The van der Waals surface area contributed by atoms with Gasteiger partial charge in [-0.2, -0.15) is 0 Å². The summed E-state index contributed by atoms with van der Waals surface area (Å²) in [4.78, 5) is 9.16. The van der Waals surface area contributed by atoms with Crippen LogP contribution in [-0.2, 0) is 11.3 Å². The maximum absolute atomic E-state index is 5.17. The van der Waals surface area contributed by atoms with Gasteiger partial charge in [0.05, 0.1) is 5.69 Å². The van der Waals surface area contributed by atoms with E-state index in [1.165, 1.54) is 0 Å². The SMILES string of the molecule is CCCNc1nc(COC)nc(-c2ccccc2)c1C. The number of ether oxygens (including phenoxy) is 1. The molecule has 0 saturated heterocycles. The van der Waals surface area contributed by atoms with Gasteiger partial charge in [-0.3, -0.25) is 0 Å². The molecule has 20 heavy (non-hydrogen) atoms. The maximum Gasteiger partial charge on any atom is 0.157 e. The highest BCUT2D eigenvalue weighted by Crippen LogP contribution is 2.25. The molecule has 4 nitrogen and oxygen atoms in total. The summed E-state index contributed by atoms with van der Waals surface area (Å²) in [6.45, 7) is 5.51. The third kappa shape index (κ3) is 3.33. The van der Waals surface area contributed by atoms with Crippen LogP contribution in [-0.4, -0.2) is 23.6 Å². The number of rotatable bonds is 6. The predicted molar refractivity (Wildman–Crippen MR) is 81.7 cm³/mol. The Kier molecular flexibility index (Phi) is 5.07. The van der Waals surface area contributed by atoms with E-state index in [1.54, 1.807) is 7.11 Å². The molecule has 106 valence electrons. The van der Waals surface area contributed by atoms with Gasteiger partial charge in [0.1, 0.15) is 12.4 Å². The molecule has 0 unspecified atom stereocenters. The van der Waals surface area contributed by atoms with Gasteiger partial charge in [-0.05, 0) is 13.3 Å². The molecule has 0 amide bonds. The monoisotopic (exact) mass is 271 g/mol. The average Bonchev–Trinajstić information content (AvgIpc) is 2.48. The highest BCUT2D eigenvalue weighted by molar-refractivity contribution is 5.68. The lowest BCUT2D eigenvalue weighted by Crippen LogP contribution is -2.09. The topological polar surface area (TPSA) is 47.0 Å². The quantitative estimate of drug-likeness (QED) is 0.874. The van der Waals surface area contributed by atoms with Gasteiger partial charge >= 0.3 is 0 Å². The fourth-order valence-corrected chi connectivity index (χ4v) is 2.05. The van der Waals surface area contributed by atoms with Gasteiger partial charge in [0, 0.05) is 24.8 Å². The minimum absolute atomic E-state index is 0.418. The van der Waals surface area contributed by atoms with Crippen LogP contribution in [0.25, 0.3) is 11.3 Å².